The fraction of sp³-hybridized carbons (Fsp3) is 0.467. The van der Waals surface area contributed by atoms with E-state index in [0.29, 0.717) is 18.7 Å². The van der Waals surface area contributed by atoms with Gasteiger partial charge in [-0.2, -0.15) is 10.2 Å². The van der Waals surface area contributed by atoms with E-state index in [9.17, 15) is 4.79 Å². The van der Waals surface area contributed by atoms with Crippen molar-refractivity contribution in [3.8, 4) is 0 Å². The van der Waals surface area contributed by atoms with Gasteiger partial charge in [0.1, 0.15) is 11.5 Å². The van der Waals surface area contributed by atoms with Crippen LogP contribution in [-0.4, -0.2) is 44.0 Å². The second-order valence-corrected chi connectivity index (χ2v) is 5.75. The molecule has 0 spiro atoms. The average molecular weight is 299 g/mol. The Bertz CT molecular complexity index is 655. The van der Waals surface area contributed by atoms with Crippen LogP contribution in [0.25, 0.3) is 0 Å². The van der Waals surface area contributed by atoms with Crippen LogP contribution in [0.2, 0.25) is 0 Å². The molecular formula is C15H17N5O2. The molecule has 0 atom stereocenters. The van der Waals surface area contributed by atoms with Crippen LogP contribution in [0.5, 0.6) is 0 Å². The van der Waals surface area contributed by atoms with Gasteiger partial charge in [-0.1, -0.05) is 0 Å². The molecular weight excluding hydrogens is 282 g/mol. The third-order valence-electron chi connectivity index (χ3n) is 4.17. The highest BCUT2D eigenvalue weighted by Crippen LogP contribution is 2.25. The summed E-state index contributed by atoms with van der Waals surface area (Å²) in [5, 5.41) is 7.43. The number of carbonyl (C=O) groups is 1. The first-order chi connectivity index (χ1) is 10.8. The number of aromatic nitrogens is 3. The summed E-state index contributed by atoms with van der Waals surface area (Å²) in [6, 6.07) is 1.67. The Morgan fingerprint density at radius 1 is 1.23 bits per heavy atom. The standard InChI is InChI=1S/C15H17N5O2/c21-15(11-3-4-16-17-7-11)20-8-12-13(9-20)22-14(18-12)10-19-5-1-2-6-19/h3-4,7H,1-2,5-6,8-10H2. The van der Waals surface area contributed by atoms with Crippen molar-refractivity contribution in [3.63, 3.8) is 0 Å². The van der Waals surface area contributed by atoms with Gasteiger partial charge in [-0.25, -0.2) is 4.98 Å². The number of fused-ring (bicyclic) bond motifs is 1. The first-order valence-corrected chi connectivity index (χ1v) is 7.55. The molecule has 2 aromatic heterocycles. The van der Waals surface area contributed by atoms with Crippen LogP contribution in [0.15, 0.2) is 22.9 Å². The van der Waals surface area contributed by atoms with Crippen molar-refractivity contribution < 1.29 is 9.21 Å². The van der Waals surface area contributed by atoms with Crippen molar-refractivity contribution in [1.29, 1.82) is 0 Å². The van der Waals surface area contributed by atoms with Crippen molar-refractivity contribution in [2.45, 2.75) is 32.5 Å². The fourth-order valence-corrected chi connectivity index (χ4v) is 3.04. The quantitative estimate of drug-likeness (QED) is 0.848. The summed E-state index contributed by atoms with van der Waals surface area (Å²) >= 11 is 0. The molecule has 0 unspecified atom stereocenters. The Kier molecular flexibility index (Phi) is 3.34. The Morgan fingerprint density at radius 3 is 2.82 bits per heavy atom. The minimum atomic E-state index is -0.0656. The highest BCUT2D eigenvalue weighted by atomic mass is 16.4. The summed E-state index contributed by atoms with van der Waals surface area (Å²) < 4.78 is 5.83. The molecule has 7 nitrogen and oxygen atoms in total. The van der Waals surface area contributed by atoms with Crippen LogP contribution < -0.4 is 0 Å². The predicted molar refractivity (Wildman–Crippen MR) is 76.6 cm³/mol. The SMILES string of the molecule is O=C(c1ccnnc1)N1Cc2nc(CN3CCCC3)oc2C1. The zero-order valence-electron chi connectivity index (χ0n) is 12.2. The molecule has 0 aliphatic carbocycles. The van der Waals surface area contributed by atoms with E-state index in [0.717, 1.165) is 37.0 Å². The van der Waals surface area contributed by atoms with Crippen LogP contribution >= 0.6 is 0 Å². The molecule has 0 radical (unpaired) electrons. The van der Waals surface area contributed by atoms with E-state index in [1.165, 1.54) is 25.2 Å². The molecule has 0 saturated carbocycles. The molecule has 4 rings (SSSR count). The van der Waals surface area contributed by atoms with Crippen molar-refractivity contribution in [2.24, 2.45) is 0 Å². The molecule has 0 bridgehead atoms. The van der Waals surface area contributed by atoms with Crippen LogP contribution in [0.1, 0.15) is 40.5 Å². The summed E-state index contributed by atoms with van der Waals surface area (Å²) in [6.45, 7) is 3.98. The first-order valence-electron chi connectivity index (χ1n) is 7.55. The van der Waals surface area contributed by atoms with Gasteiger partial charge in [0.25, 0.3) is 5.91 Å². The highest BCUT2D eigenvalue weighted by molar-refractivity contribution is 5.93. The maximum Gasteiger partial charge on any atom is 0.256 e. The summed E-state index contributed by atoms with van der Waals surface area (Å²) in [6.07, 6.45) is 5.51. The number of oxazole rings is 1. The lowest BCUT2D eigenvalue weighted by Gasteiger charge is -2.15. The minimum Gasteiger partial charge on any atom is -0.442 e. The van der Waals surface area contributed by atoms with Crippen molar-refractivity contribution in [1.82, 2.24) is 25.0 Å². The van der Waals surface area contributed by atoms with Crippen molar-refractivity contribution in [2.75, 3.05) is 13.1 Å². The van der Waals surface area contributed by atoms with Crippen LogP contribution in [0.3, 0.4) is 0 Å². The largest absolute Gasteiger partial charge is 0.442 e. The van der Waals surface area contributed by atoms with Crippen LogP contribution in [-0.2, 0) is 19.6 Å². The number of carbonyl (C=O) groups excluding carboxylic acids is 1. The lowest BCUT2D eigenvalue weighted by molar-refractivity contribution is 0.0740. The molecule has 1 amide bonds. The molecule has 4 heterocycles. The van der Waals surface area contributed by atoms with Crippen LogP contribution in [0, 0.1) is 0 Å². The molecule has 1 saturated heterocycles. The number of rotatable bonds is 3. The van der Waals surface area contributed by atoms with Gasteiger partial charge < -0.3 is 9.32 Å². The summed E-state index contributed by atoms with van der Waals surface area (Å²) in [5.41, 5.74) is 1.42. The predicted octanol–water partition coefficient (Wildman–Crippen LogP) is 1.22. The minimum absolute atomic E-state index is 0.0656. The molecule has 2 aliphatic heterocycles. The second kappa shape index (κ2) is 5.49. The van der Waals surface area contributed by atoms with Gasteiger partial charge in [0.2, 0.25) is 5.89 Å². The summed E-state index contributed by atoms with van der Waals surface area (Å²) in [5.74, 6) is 1.51. The molecule has 1 fully saturated rings. The van der Waals surface area contributed by atoms with Gasteiger partial charge in [0, 0.05) is 0 Å². The maximum atomic E-state index is 12.4. The van der Waals surface area contributed by atoms with E-state index in [1.54, 1.807) is 11.0 Å². The van der Waals surface area contributed by atoms with E-state index in [4.69, 9.17) is 4.42 Å². The zero-order chi connectivity index (χ0) is 14.9. The van der Waals surface area contributed by atoms with E-state index < -0.39 is 0 Å². The number of nitrogens with zero attached hydrogens (tertiary/aromatic N) is 5. The topological polar surface area (TPSA) is 75.4 Å². The normalized spacial score (nSPS) is 17.9. The molecule has 7 heteroatoms. The molecule has 2 aromatic rings. The molecule has 0 aromatic carbocycles. The third kappa shape index (κ3) is 2.48. The molecule has 22 heavy (non-hydrogen) atoms. The smallest absolute Gasteiger partial charge is 0.256 e. The van der Waals surface area contributed by atoms with E-state index in [1.807, 2.05) is 0 Å². The Hall–Kier alpha value is -2.28. The van der Waals surface area contributed by atoms with Crippen LogP contribution in [0.4, 0.5) is 0 Å². The monoisotopic (exact) mass is 299 g/mol. The zero-order valence-corrected chi connectivity index (χ0v) is 12.2. The molecule has 2 aliphatic rings. The van der Waals surface area contributed by atoms with E-state index in [2.05, 4.69) is 20.1 Å². The number of hydrogen-bond donors (Lipinski definition) is 0. The average Bonchev–Trinajstić information content (AvgIpc) is 3.24. The summed E-state index contributed by atoms with van der Waals surface area (Å²) in [4.78, 5) is 21.0. The Balaban J connectivity index is 1.43. The maximum absolute atomic E-state index is 12.4. The lowest BCUT2D eigenvalue weighted by atomic mass is 10.3. The van der Waals surface area contributed by atoms with Crippen molar-refractivity contribution in [3.05, 3.63) is 41.4 Å². The Labute approximate surface area is 127 Å². The Morgan fingerprint density at radius 2 is 2.09 bits per heavy atom. The highest BCUT2D eigenvalue weighted by Gasteiger charge is 2.30. The molecule has 114 valence electrons. The van der Waals surface area contributed by atoms with E-state index in [-0.39, 0.29) is 5.91 Å². The first kappa shape index (κ1) is 13.4. The van der Waals surface area contributed by atoms with Gasteiger partial charge in [-0.15, -0.1) is 0 Å². The number of hydrogen-bond acceptors (Lipinski definition) is 6. The van der Waals surface area contributed by atoms with Crippen molar-refractivity contribution >= 4 is 5.91 Å². The summed E-state index contributed by atoms with van der Waals surface area (Å²) in [7, 11) is 0. The van der Waals surface area contributed by atoms with Gasteiger partial charge in [0.15, 0.2) is 0 Å². The van der Waals surface area contributed by atoms with Gasteiger partial charge >= 0.3 is 0 Å². The fourth-order valence-electron chi connectivity index (χ4n) is 3.04. The lowest BCUT2D eigenvalue weighted by Crippen LogP contribution is -2.26. The molecule has 0 N–H and O–H groups in total. The van der Waals surface area contributed by atoms with Gasteiger partial charge in [0.05, 0.1) is 37.6 Å². The third-order valence-corrected chi connectivity index (χ3v) is 4.17. The van der Waals surface area contributed by atoms with Gasteiger partial charge in [-0.3, -0.25) is 9.69 Å². The number of likely N-dealkylation sites (tertiary alicyclic amines) is 1. The van der Waals surface area contributed by atoms with E-state index >= 15 is 0 Å². The second-order valence-electron chi connectivity index (χ2n) is 5.75. The van der Waals surface area contributed by atoms with Gasteiger partial charge in [-0.05, 0) is 32.0 Å². The number of amides is 1.